The van der Waals surface area contributed by atoms with Gasteiger partial charge in [-0.1, -0.05) is 102 Å². The van der Waals surface area contributed by atoms with Crippen LogP contribution in [0.5, 0.6) is 23.0 Å². The van der Waals surface area contributed by atoms with Gasteiger partial charge >= 0.3 is 0 Å². The van der Waals surface area contributed by atoms with Crippen LogP contribution in [-0.2, 0) is 10.8 Å². The van der Waals surface area contributed by atoms with E-state index < -0.39 is 0 Å². The Balaban J connectivity index is 1.47. The number of ether oxygens (including phenoxy) is 2. The van der Waals surface area contributed by atoms with Crippen LogP contribution in [0.25, 0.3) is 0 Å². The van der Waals surface area contributed by atoms with Crippen molar-refractivity contribution in [3.63, 3.8) is 0 Å². The fourth-order valence-corrected chi connectivity index (χ4v) is 6.15. The highest BCUT2D eigenvalue weighted by molar-refractivity contribution is 6.98. The molecule has 0 aliphatic carbocycles. The van der Waals surface area contributed by atoms with Crippen molar-refractivity contribution in [1.82, 2.24) is 0 Å². The Morgan fingerprint density at radius 2 is 0.905 bits per heavy atom. The van der Waals surface area contributed by atoms with Crippen molar-refractivity contribution >= 4 is 40.2 Å². The first-order valence-corrected chi connectivity index (χ1v) is 14.8. The molecule has 2 aliphatic heterocycles. The van der Waals surface area contributed by atoms with Crippen LogP contribution in [0.1, 0.15) is 52.7 Å². The van der Waals surface area contributed by atoms with Crippen LogP contribution in [0.4, 0.5) is 17.1 Å². The summed E-state index contributed by atoms with van der Waals surface area (Å²) in [6, 6.07) is 38.7. The molecule has 5 aromatic rings. The van der Waals surface area contributed by atoms with E-state index in [1.165, 1.54) is 22.1 Å². The second-order valence-corrected chi connectivity index (χ2v) is 13.5. The molecule has 4 heteroatoms. The van der Waals surface area contributed by atoms with Crippen LogP contribution < -0.4 is 30.8 Å². The first-order chi connectivity index (χ1) is 20.1. The van der Waals surface area contributed by atoms with Gasteiger partial charge in [0, 0.05) is 29.0 Å². The van der Waals surface area contributed by atoms with Crippen LogP contribution in [-0.4, -0.2) is 6.71 Å². The number of nitrogens with zero attached hydrogens (tertiary/aromatic N) is 1. The van der Waals surface area contributed by atoms with Gasteiger partial charge in [0.05, 0.1) is 5.69 Å². The van der Waals surface area contributed by atoms with Crippen molar-refractivity contribution in [3.8, 4) is 23.0 Å². The van der Waals surface area contributed by atoms with Gasteiger partial charge < -0.3 is 14.4 Å². The lowest BCUT2D eigenvalue weighted by Gasteiger charge is -2.36. The van der Waals surface area contributed by atoms with E-state index in [0.717, 1.165) is 45.5 Å². The summed E-state index contributed by atoms with van der Waals surface area (Å²) in [6.45, 7) is 13.6. The third-order valence-corrected chi connectivity index (χ3v) is 8.48. The summed E-state index contributed by atoms with van der Waals surface area (Å²) in [7, 11) is 0. The summed E-state index contributed by atoms with van der Waals surface area (Å²) >= 11 is 0. The molecule has 0 saturated carbocycles. The van der Waals surface area contributed by atoms with Gasteiger partial charge in [0.2, 0.25) is 0 Å². The summed E-state index contributed by atoms with van der Waals surface area (Å²) in [6.07, 6.45) is 0. The molecule has 0 spiro atoms. The summed E-state index contributed by atoms with van der Waals surface area (Å²) in [5.41, 5.74) is 9.27. The van der Waals surface area contributed by atoms with Crippen molar-refractivity contribution < 1.29 is 9.47 Å². The molecule has 5 aromatic carbocycles. The lowest BCUT2D eigenvalue weighted by molar-refractivity contribution is 0.464. The van der Waals surface area contributed by atoms with Crippen molar-refractivity contribution in [1.29, 1.82) is 0 Å². The van der Waals surface area contributed by atoms with E-state index in [2.05, 4.69) is 144 Å². The van der Waals surface area contributed by atoms with Crippen LogP contribution >= 0.6 is 0 Å². The molecule has 0 saturated heterocycles. The highest BCUT2D eigenvalue weighted by Gasteiger charge is 2.41. The average Bonchev–Trinajstić information content (AvgIpc) is 2.96. The zero-order chi connectivity index (χ0) is 29.2. The Bertz CT molecular complexity index is 1670. The predicted molar refractivity (Wildman–Crippen MR) is 176 cm³/mol. The maximum absolute atomic E-state index is 6.76. The first kappa shape index (κ1) is 26.5. The van der Waals surface area contributed by atoms with E-state index in [1.807, 2.05) is 12.1 Å². The van der Waals surface area contributed by atoms with Crippen LogP contribution in [0.15, 0.2) is 109 Å². The molecule has 2 heterocycles. The first-order valence-electron chi connectivity index (χ1n) is 14.8. The number of rotatable bonds is 3. The van der Waals surface area contributed by atoms with Gasteiger partial charge in [0.1, 0.15) is 23.0 Å². The number of hydrogen-bond acceptors (Lipinski definition) is 3. The highest BCUT2D eigenvalue weighted by atomic mass is 16.5. The minimum atomic E-state index is 0.0167. The maximum atomic E-state index is 6.76. The zero-order valence-electron chi connectivity index (χ0n) is 25.2. The van der Waals surface area contributed by atoms with Gasteiger partial charge in [-0.15, -0.1) is 0 Å². The van der Waals surface area contributed by atoms with Gasteiger partial charge in [-0.05, 0) is 69.3 Å². The third-order valence-electron chi connectivity index (χ3n) is 8.48. The molecule has 0 bridgehead atoms. The Hall–Kier alpha value is -4.44. The second kappa shape index (κ2) is 9.56. The number of anilines is 3. The molecule has 0 unspecified atom stereocenters. The molecular weight excluding hydrogens is 513 g/mol. The monoisotopic (exact) mass is 549 g/mol. The predicted octanol–water partition coefficient (Wildman–Crippen LogP) is 8.48. The summed E-state index contributed by atoms with van der Waals surface area (Å²) in [5, 5.41) is 0. The summed E-state index contributed by atoms with van der Waals surface area (Å²) < 4.78 is 13.5. The SMILES string of the molecule is CC(C)(C)c1ccc2c(c1)B1c3cc(C(C)(C)C)ccc3Oc3cc(N(c4ccccc4)c4ccccc4)cc(c31)O2. The van der Waals surface area contributed by atoms with E-state index >= 15 is 0 Å². The Morgan fingerprint density at radius 3 is 1.31 bits per heavy atom. The molecular formula is C38H36BNO2. The van der Waals surface area contributed by atoms with Crippen LogP contribution in [0.3, 0.4) is 0 Å². The molecule has 42 heavy (non-hydrogen) atoms. The topological polar surface area (TPSA) is 21.7 Å². The average molecular weight is 550 g/mol. The van der Waals surface area contributed by atoms with E-state index in [4.69, 9.17) is 9.47 Å². The van der Waals surface area contributed by atoms with Crippen molar-refractivity contribution in [3.05, 3.63) is 120 Å². The molecule has 2 aliphatic rings. The molecule has 7 rings (SSSR count). The number of hydrogen-bond donors (Lipinski definition) is 0. The fraction of sp³-hybridized carbons (Fsp3) is 0.211. The van der Waals surface area contributed by atoms with E-state index in [9.17, 15) is 0 Å². The van der Waals surface area contributed by atoms with Gasteiger partial charge in [-0.25, -0.2) is 0 Å². The Morgan fingerprint density at radius 1 is 0.476 bits per heavy atom. The Labute approximate surface area is 249 Å². The third kappa shape index (κ3) is 4.46. The smallest absolute Gasteiger partial charge is 0.260 e. The molecule has 0 atom stereocenters. The number of fused-ring (bicyclic) bond motifs is 4. The zero-order valence-corrected chi connectivity index (χ0v) is 25.2. The van der Waals surface area contributed by atoms with Gasteiger partial charge in [0.25, 0.3) is 6.71 Å². The summed E-state index contributed by atoms with van der Waals surface area (Å²) in [4.78, 5) is 2.26. The minimum absolute atomic E-state index is 0.0167. The largest absolute Gasteiger partial charge is 0.458 e. The highest BCUT2D eigenvalue weighted by Crippen LogP contribution is 2.43. The molecule has 0 fully saturated rings. The number of benzene rings is 5. The fourth-order valence-electron chi connectivity index (χ4n) is 6.15. The molecule has 0 N–H and O–H groups in total. The molecule has 3 nitrogen and oxygen atoms in total. The lowest BCUT2D eigenvalue weighted by Crippen LogP contribution is -2.57. The molecule has 208 valence electrons. The molecule has 0 radical (unpaired) electrons. The molecule has 0 amide bonds. The normalized spacial score (nSPS) is 13.3. The van der Waals surface area contributed by atoms with Crippen molar-refractivity contribution in [2.24, 2.45) is 0 Å². The van der Waals surface area contributed by atoms with Gasteiger partial charge in [0.15, 0.2) is 0 Å². The lowest BCUT2D eigenvalue weighted by atomic mass is 9.34. The Kier molecular flexibility index (Phi) is 6.02. The van der Waals surface area contributed by atoms with Gasteiger partial charge in [-0.3, -0.25) is 0 Å². The van der Waals surface area contributed by atoms with E-state index in [0.29, 0.717) is 0 Å². The van der Waals surface area contributed by atoms with Crippen molar-refractivity contribution in [2.75, 3.05) is 4.90 Å². The quantitative estimate of drug-likeness (QED) is 0.206. The van der Waals surface area contributed by atoms with Crippen molar-refractivity contribution in [2.45, 2.75) is 52.4 Å². The van der Waals surface area contributed by atoms with Crippen LogP contribution in [0.2, 0.25) is 0 Å². The minimum Gasteiger partial charge on any atom is -0.458 e. The second-order valence-electron chi connectivity index (χ2n) is 13.5. The van der Waals surface area contributed by atoms with E-state index in [1.54, 1.807) is 0 Å². The van der Waals surface area contributed by atoms with Crippen LogP contribution in [0, 0.1) is 0 Å². The summed E-state index contributed by atoms with van der Waals surface area (Å²) in [5.74, 6) is 3.49. The molecule has 0 aromatic heterocycles. The maximum Gasteiger partial charge on any atom is 0.260 e. The standard InChI is InChI=1S/C38H36BNO2/c1-37(2,3)25-17-19-32-30(21-25)39-31-22-26(38(4,5)6)18-20-33(31)42-35-24-29(23-34(41-32)36(35)39)40(27-13-9-7-10-14-27)28-15-11-8-12-16-28/h7-24H,1-6H3. The number of para-hydroxylation sites is 2. The van der Waals surface area contributed by atoms with E-state index in [-0.39, 0.29) is 17.5 Å². The van der Waals surface area contributed by atoms with Gasteiger partial charge in [-0.2, -0.15) is 0 Å².